The highest BCUT2D eigenvalue weighted by Crippen LogP contribution is 2.34. The summed E-state index contributed by atoms with van der Waals surface area (Å²) in [5.41, 5.74) is 1.58. The number of nitrogens with zero attached hydrogens (tertiary/aromatic N) is 1. The van der Waals surface area contributed by atoms with Crippen LogP contribution in [0.2, 0.25) is 0 Å². The Kier molecular flexibility index (Phi) is 5.02. The predicted octanol–water partition coefficient (Wildman–Crippen LogP) is 3.03. The van der Waals surface area contributed by atoms with Gasteiger partial charge in [0.2, 0.25) is 5.91 Å². The third-order valence-corrected chi connectivity index (χ3v) is 4.29. The molecule has 0 radical (unpaired) electrons. The second kappa shape index (κ2) is 7.39. The highest BCUT2D eigenvalue weighted by atomic mass is 16.5. The van der Waals surface area contributed by atoms with Crippen molar-refractivity contribution in [3.63, 3.8) is 0 Å². The van der Waals surface area contributed by atoms with E-state index in [0.29, 0.717) is 29.1 Å². The van der Waals surface area contributed by atoms with Crippen molar-refractivity contribution in [3.05, 3.63) is 54.1 Å². The number of rotatable bonds is 5. The fourth-order valence-electron chi connectivity index (χ4n) is 2.86. The smallest absolute Gasteiger partial charge is 0.265 e. The van der Waals surface area contributed by atoms with Crippen molar-refractivity contribution < 1.29 is 19.1 Å². The molecule has 1 aliphatic heterocycles. The van der Waals surface area contributed by atoms with Gasteiger partial charge in [0.25, 0.3) is 5.91 Å². The van der Waals surface area contributed by atoms with Crippen LogP contribution in [-0.4, -0.2) is 30.2 Å². The monoisotopic (exact) mass is 352 g/mol. The first-order valence-electron chi connectivity index (χ1n) is 8.49. The van der Waals surface area contributed by atoms with Gasteiger partial charge < -0.3 is 10.1 Å². The average Bonchev–Trinajstić information content (AvgIpc) is 2.67. The number of amides is 2. The van der Waals surface area contributed by atoms with Crippen LogP contribution in [0.15, 0.2) is 48.5 Å². The Balaban J connectivity index is 1.90. The molecule has 0 fully saturated rings. The fraction of sp³-hybridized carbons (Fsp3) is 0.250. The molecule has 0 spiro atoms. The SMILES string of the molecule is CCC(=O)c1ccc2c(c1)N(C(C)C(=O)Nc1ccccc1)C(=O)CO2. The second-order valence-electron chi connectivity index (χ2n) is 6.04. The van der Waals surface area contributed by atoms with Gasteiger partial charge in [0.15, 0.2) is 12.4 Å². The van der Waals surface area contributed by atoms with E-state index in [1.165, 1.54) is 4.90 Å². The van der Waals surface area contributed by atoms with Crippen LogP contribution >= 0.6 is 0 Å². The van der Waals surface area contributed by atoms with Crippen LogP contribution in [0.4, 0.5) is 11.4 Å². The summed E-state index contributed by atoms with van der Waals surface area (Å²) < 4.78 is 5.45. The first-order valence-corrected chi connectivity index (χ1v) is 8.49. The molecule has 1 aliphatic rings. The average molecular weight is 352 g/mol. The number of nitrogens with one attached hydrogen (secondary N) is 1. The molecule has 2 aromatic carbocycles. The highest BCUT2D eigenvalue weighted by Gasteiger charge is 2.33. The Morgan fingerprint density at radius 1 is 1.19 bits per heavy atom. The molecule has 1 N–H and O–H groups in total. The third-order valence-electron chi connectivity index (χ3n) is 4.29. The molecule has 6 heteroatoms. The van der Waals surface area contributed by atoms with E-state index >= 15 is 0 Å². The van der Waals surface area contributed by atoms with Crippen LogP contribution < -0.4 is 15.0 Å². The van der Waals surface area contributed by atoms with Gasteiger partial charge in [-0.15, -0.1) is 0 Å². The third kappa shape index (κ3) is 3.44. The Labute approximate surface area is 151 Å². The lowest BCUT2D eigenvalue weighted by atomic mass is 10.1. The number of hydrogen-bond acceptors (Lipinski definition) is 4. The molecule has 0 bridgehead atoms. The molecule has 1 unspecified atom stereocenters. The zero-order valence-corrected chi connectivity index (χ0v) is 14.7. The number of carbonyl (C=O) groups excluding carboxylic acids is 3. The maximum absolute atomic E-state index is 12.6. The summed E-state index contributed by atoms with van der Waals surface area (Å²) in [6.45, 7) is 3.29. The molecule has 0 saturated carbocycles. The fourth-order valence-corrected chi connectivity index (χ4v) is 2.86. The molecule has 2 aromatic rings. The van der Waals surface area contributed by atoms with E-state index in [9.17, 15) is 14.4 Å². The topological polar surface area (TPSA) is 75.7 Å². The van der Waals surface area contributed by atoms with Gasteiger partial charge in [-0.25, -0.2) is 0 Å². The number of carbonyl (C=O) groups is 3. The molecule has 1 heterocycles. The summed E-state index contributed by atoms with van der Waals surface area (Å²) in [5, 5.41) is 2.80. The van der Waals surface area contributed by atoms with Gasteiger partial charge in [-0.3, -0.25) is 19.3 Å². The van der Waals surface area contributed by atoms with Gasteiger partial charge in [0, 0.05) is 17.7 Å². The van der Waals surface area contributed by atoms with Crippen molar-refractivity contribution in [1.29, 1.82) is 0 Å². The number of anilines is 2. The van der Waals surface area contributed by atoms with Crippen molar-refractivity contribution >= 4 is 29.0 Å². The lowest BCUT2D eigenvalue weighted by Gasteiger charge is -2.33. The van der Waals surface area contributed by atoms with E-state index in [1.807, 2.05) is 18.2 Å². The van der Waals surface area contributed by atoms with Gasteiger partial charge in [-0.2, -0.15) is 0 Å². The molecule has 0 aliphatic carbocycles. The normalized spacial score (nSPS) is 14.2. The Hall–Kier alpha value is -3.15. The summed E-state index contributed by atoms with van der Waals surface area (Å²) in [4.78, 5) is 38.5. The Morgan fingerprint density at radius 2 is 1.92 bits per heavy atom. The summed E-state index contributed by atoms with van der Waals surface area (Å²) in [6, 6.07) is 13.2. The number of fused-ring (bicyclic) bond motifs is 1. The van der Waals surface area contributed by atoms with Crippen molar-refractivity contribution in [2.24, 2.45) is 0 Å². The second-order valence-corrected chi connectivity index (χ2v) is 6.04. The van der Waals surface area contributed by atoms with Crippen molar-refractivity contribution in [3.8, 4) is 5.75 Å². The lowest BCUT2D eigenvalue weighted by molar-refractivity contribution is -0.125. The molecule has 1 atom stereocenters. The van der Waals surface area contributed by atoms with Crippen molar-refractivity contribution in [2.45, 2.75) is 26.3 Å². The Bertz CT molecular complexity index is 848. The molecular formula is C20H20N2O4. The number of para-hydroxylation sites is 1. The van der Waals surface area contributed by atoms with E-state index in [0.717, 1.165) is 0 Å². The molecule has 0 aromatic heterocycles. The number of benzene rings is 2. The minimum atomic E-state index is -0.752. The van der Waals surface area contributed by atoms with E-state index in [-0.39, 0.29) is 24.2 Å². The highest BCUT2D eigenvalue weighted by molar-refractivity contribution is 6.08. The van der Waals surface area contributed by atoms with Gasteiger partial charge in [-0.05, 0) is 37.3 Å². The van der Waals surface area contributed by atoms with Crippen LogP contribution in [-0.2, 0) is 9.59 Å². The van der Waals surface area contributed by atoms with E-state index in [1.54, 1.807) is 44.2 Å². The molecular weight excluding hydrogens is 332 g/mol. The van der Waals surface area contributed by atoms with E-state index in [4.69, 9.17) is 4.74 Å². The summed E-state index contributed by atoms with van der Waals surface area (Å²) in [7, 11) is 0. The molecule has 6 nitrogen and oxygen atoms in total. The van der Waals surface area contributed by atoms with Crippen LogP contribution in [0.25, 0.3) is 0 Å². The first kappa shape index (κ1) is 17.7. The number of hydrogen-bond donors (Lipinski definition) is 1. The van der Waals surface area contributed by atoms with Crippen molar-refractivity contribution in [1.82, 2.24) is 0 Å². The van der Waals surface area contributed by atoms with Gasteiger partial charge in [0.1, 0.15) is 11.8 Å². The molecule has 3 rings (SSSR count). The quantitative estimate of drug-likeness (QED) is 0.839. The molecule has 0 saturated heterocycles. The minimum Gasteiger partial charge on any atom is -0.482 e. The summed E-state index contributed by atoms with van der Waals surface area (Å²) in [5.74, 6) is -0.192. The largest absolute Gasteiger partial charge is 0.482 e. The maximum Gasteiger partial charge on any atom is 0.265 e. The Morgan fingerprint density at radius 3 is 2.62 bits per heavy atom. The van der Waals surface area contributed by atoms with Crippen LogP contribution in [0, 0.1) is 0 Å². The zero-order valence-electron chi connectivity index (χ0n) is 14.7. The minimum absolute atomic E-state index is 0.0350. The lowest BCUT2D eigenvalue weighted by Crippen LogP contribution is -2.49. The molecule has 134 valence electrons. The number of ether oxygens (including phenoxy) is 1. The van der Waals surface area contributed by atoms with Crippen LogP contribution in [0.5, 0.6) is 5.75 Å². The van der Waals surface area contributed by atoms with Crippen LogP contribution in [0.3, 0.4) is 0 Å². The van der Waals surface area contributed by atoms with Crippen LogP contribution in [0.1, 0.15) is 30.6 Å². The van der Waals surface area contributed by atoms with Crippen molar-refractivity contribution in [2.75, 3.05) is 16.8 Å². The van der Waals surface area contributed by atoms with Gasteiger partial charge in [0.05, 0.1) is 5.69 Å². The maximum atomic E-state index is 12.6. The van der Waals surface area contributed by atoms with Gasteiger partial charge >= 0.3 is 0 Å². The zero-order chi connectivity index (χ0) is 18.7. The molecule has 2 amide bonds. The van der Waals surface area contributed by atoms with E-state index in [2.05, 4.69) is 5.32 Å². The summed E-state index contributed by atoms with van der Waals surface area (Å²) >= 11 is 0. The first-order chi connectivity index (χ1) is 12.5. The standard InChI is InChI=1S/C20H20N2O4/c1-3-17(23)14-9-10-18-16(11-14)22(19(24)12-26-18)13(2)20(25)21-15-7-5-4-6-8-15/h4-11,13H,3,12H2,1-2H3,(H,21,25). The van der Waals surface area contributed by atoms with Gasteiger partial charge in [-0.1, -0.05) is 25.1 Å². The number of ketones is 1. The summed E-state index contributed by atoms with van der Waals surface area (Å²) in [6.07, 6.45) is 0.359. The van der Waals surface area contributed by atoms with E-state index < -0.39 is 6.04 Å². The predicted molar refractivity (Wildman–Crippen MR) is 98.6 cm³/mol. The molecule has 26 heavy (non-hydrogen) atoms. The number of Topliss-reactive ketones (excluding diaryl/α,β-unsaturated/α-hetero) is 1.